The van der Waals surface area contributed by atoms with Crippen LogP contribution in [0.2, 0.25) is 0 Å². The van der Waals surface area contributed by atoms with Crippen LogP contribution in [0.4, 0.5) is 5.69 Å². The Bertz CT molecular complexity index is 2340. The number of hydrogen-bond donors (Lipinski definition) is 1. The van der Waals surface area contributed by atoms with Crippen LogP contribution in [0.15, 0.2) is 97.1 Å². The van der Waals surface area contributed by atoms with Crippen LogP contribution >= 0.6 is 12.4 Å². The number of amides is 3. The lowest BCUT2D eigenvalue weighted by Gasteiger charge is -2.40. The second-order valence-corrected chi connectivity index (χ2v) is 16.3. The van der Waals surface area contributed by atoms with Crippen molar-refractivity contribution in [3.8, 4) is 17.0 Å². The fourth-order valence-corrected chi connectivity index (χ4v) is 9.35. The van der Waals surface area contributed by atoms with Crippen molar-refractivity contribution in [2.45, 2.75) is 70.7 Å². The van der Waals surface area contributed by atoms with Crippen molar-refractivity contribution in [3.63, 3.8) is 0 Å². The number of nitrogens with zero attached hydrogens (tertiary/aromatic N) is 5. The number of anilines is 1. The van der Waals surface area contributed by atoms with Gasteiger partial charge in [0.25, 0.3) is 11.8 Å². The molecule has 3 amide bonds. The third-order valence-electron chi connectivity index (χ3n) is 12.6. The van der Waals surface area contributed by atoms with Gasteiger partial charge in [0.15, 0.2) is 0 Å². The zero-order valence-electron chi connectivity index (χ0n) is 33.6. The molecule has 59 heavy (non-hydrogen) atoms. The van der Waals surface area contributed by atoms with Gasteiger partial charge in [0.2, 0.25) is 5.91 Å². The van der Waals surface area contributed by atoms with Crippen LogP contribution in [0.3, 0.4) is 0 Å². The second kappa shape index (κ2) is 17.4. The van der Waals surface area contributed by atoms with Crippen molar-refractivity contribution in [3.05, 3.63) is 142 Å². The molecule has 11 heteroatoms. The Balaban J connectivity index is 0.00000484. The minimum atomic E-state index is -0.134. The molecule has 1 fully saturated rings. The molecule has 0 bridgehead atoms. The first-order chi connectivity index (χ1) is 28.3. The molecule has 5 aromatic rings. The maximum atomic E-state index is 15.5. The van der Waals surface area contributed by atoms with E-state index in [1.54, 1.807) is 36.2 Å². The normalized spacial score (nSPS) is 17.4. The number of carbonyl (C=O) groups excluding carboxylic acids is 3. The van der Waals surface area contributed by atoms with Gasteiger partial charge in [-0.3, -0.25) is 19.3 Å². The molecule has 4 aliphatic rings. The van der Waals surface area contributed by atoms with Crippen LogP contribution in [0.25, 0.3) is 11.3 Å². The molecule has 1 unspecified atom stereocenters. The van der Waals surface area contributed by atoms with Crippen LogP contribution in [0, 0.1) is 0 Å². The molecule has 306 valence electrons. The lowest BCUT2D eigenvalue weighted by Crippen LogP contribution is -2.52. The van der Waals surface area contributed by atoms with E-state index >= 15 is 4.79 Å². The summed E-state index contributed by atoms with van der Waals surface area (Å²) in [5.74, 6) is 0.0746. The van der Waals surface area contributed by atoms with Gasteiger partial charge in [-0.15, -0.1) is 12.4 Å². The Morgan fingerprint density at radius 2 is 1.49 bits per heavy atom. The first-order valence-corrected chi connectivity index (χ1v) is 20.8. The molecule has 0 radical (unpaired) electrons. The largest absolute Gasteiger partial charge is 0.508 e. The number of phenols is 1. The van der Waals surface area contributed by atoms with E-state index in [0.29, 0.717) is 62.5 Å². The molecule has 1 atom stereocenters. The zero-order chi connectivity index (χ0) is 39.8. The number of halogens is 1. The summed E-state index contributed by atoms with van der Waals surface area (Å²) >= 11 is 0. The van der Waals surface area contributed by atoms with Gasteiger partial charge in [0.1, 0.15) is 5.75 Å². The molecule has 0 spiro atoms. The summed E-state index contributed by atoms with van der Waals surface area (Å²) in [5.41, 5.74) is 10.2. The van der Waals surface area contributed by atoms with Gasteiger partial charge in [-0.2, -0.15) is 0 Å². The highest BCUT2D eigenvalue weighted by Gasteiger charge is 2.36. The van der Waals surface area contributed by atoms with Crippen molar-refractivity contribution in [1.82, 2.24) is 19.3 Å². The van der Waals surface area contributed by atoms with Crippen LogP contribution in [-0.4, -0.2) is 88.0 Å². The fourth-order valence-electron chi connectivity index (χ4n) is 9.35. The lowest BCUT2D eigenvalue weighted by molar-refractivity contribution is -0.131. The van der Waals surface area contributed by atoms with E-state index in [1.165, 1.54) is 5.56 Å². The molecular formula is C48H52ClN5O5. The molecule has 1 saturated heterocycles. The molecule has 5 heterocycles. The van der Waals surface area contributed by atoms with Crippen molar-refractivity contribution in [2.75, 3.05) is 44.8 Å². The van der Waals surface area contributed by atoms with Crippen LogP contribution in [-0.2, 0) is 55.0 Å². The summed E-state index contributed by atoms with van der Waals surface area (Å²) in [6.07, 6.45) is 4.56. The lowest BCUT2D eigenvalue weighted by atomic mass is 9.91. The molecule has 1 N–H and O–H groups in total. The van der Waals surface area contributed by atoms with Gasteiger partial charge < -0.3 is 29.1 Å². The summed E-state index contributed by atoms with van der Waals surface area (Å²) < 4.78 is 7.94. The van der Waals surface area contributed by atoms with Gasteiger partial charge in [-0.1, -0.05) is 54.6 Å². The van der Waals surface area contributed by atoms with Crippen LogP contribution in [0.1, 0.15) is 73.5 Å². The predicted octanol–water partition coefficient (Wildman–Crippen LogP) is 7.27. The summed E-state index contributed by atoms with van der Waals surface area (Å²) in [6, 6.07) is 31.4. The van der Waals surface area contributed by atoms with Gasteiger partial charge in [-0.25, -0.2) is 0 Å². The highest BCUT2D eigenvalue weighted by atomic mass is 35.5. The molecular weight excluding hydrogens is 762 g/mol. The Labute approximate surface area is 352 Å². The Kier molecular flexibility index (Phi) is 11.9. The third kappa shape index (κ3) is 8.26. The average molecular weight is 814 g/mol. The number of carbonyl (C=O) groups is 3. The van der Waals surface area contributed by atoms with Crippen molar-refractivity contribution >= 4 is 35.8 Å². The maximum absolute atomic E-state index is 15.5. The Morgan fingerprint density at radius 1 is 0.780 bits per heavy atom. The smallest absolute Gasteiger partial charge is 0.259 e. The molecule has 1 aromatic heterocycles. The minimum absolute atomic E-state index is 0. The number of phenolic OH excluding ortho intramolecular Hbond substituents is 1. The monoisotopic (exact) mass is 813 g/mol. The maximum Gasteiger partial charge on any atom is 0.259 e. The topological polar surface area (TPSA) is 98.6 Å². The minimum Gasteiger partial charge on any atom is -0.508 e. The molecule has 9 rings (SSSR count). The van der Waals surface area contributed by atoms with Crippen molar-refractivity contribution in [1.29, 1.82) is 0 Å². The number of aryl methyl sites for hydroxylation is 1. The van der Waals surface area contributed by atoms with E-state index in [4.69, 9.17) is 4.74 Å². The Hall–Kier alpha value is -5.42. The molecule has 10 nitrogen and oxygen atoms in total. The SMILES string of the molecule is CN(C(=O)c1cc(-c2cc3c(cc2C(=O)N2Cc4ccccc4CC2CN2CCOCC2)CN(C(=O)CCc2ccccc2)C3)n2c1CCCC2)c1ccc(O)cc1.Cl. The van der Waals surface area contributed by atoms with E-state index in [-0.39, 0.29) is 41.9 Å². The molecule has 0 saturated carbocycles. The number of hydrogen-bond acceptors (Lipinski definition) is 6. The standard InChI is InChI=1S/C48H51N5O5.ClH/c1-49(38-15-17-40(54)18-16-38)47(56)43-28-45(52-20-8-7-13-44(43)52)41-26-36-29-51(46(55)19-14-33-9-3-2-4-10-33)30-37(36)27-42(41)48(57)53-31-35-12-6-5-11-34(35)25-39(53)32-50-21-23-58-24-22-50;/h2-6,9-12,15-18,26-28,39,54H,7-8,13-14,19-25,29-32H2,1H3;1H. The number of ether oxygens (including phenoxy) is 1. The van der Waals surface area contributed by atoms with E-state index < -0.39 is 0 Å². The zero-order valence-corrected chi connectivity index (χ0v) is 34.5. The molecule has 4 aromatic carbocycles. The molecule has 4 aliphatic heterocycles. The summed E-state index contributed by atoms with van der Waals surface area (Å²) in [4.78, 5) is 51.5. The van der Waals surface area contributed by atoms with Gasteiger partial charge in [0, 0.05) is 93.5 Å². The van der Waals surface area contributed by atoms with Crippen molar-refractivity contribution in [2.24, 2.45) is 0 Å². The van der Waals surface area contributed by atoms with Crippen LogP contribution in [0.5, 0.6) is 5.75 Å². The van der Waals surface area contributed by atoms with Crippen molar-refractivity contribution < 1.29 is 24.2 Å². The van der Waals surface area contributed by atoms with Gasteiger partial charge >= 0.3 is 0 Å². The number of benzene rings is 4. The highest BCUT2D eigenvalue weighted by molar-refractivity contribution is 6.08. The number of rotatable bonds is 9. The quantitative estimate of drug-likeness (QED) is 0.168. The van der Waals surface area contributed by atoms with E-state index in [9.17, 15) is 14.7 Å². The summed E-state index contributed by atoms with van der Waals surface area (Å²) in [5, 5.41) is 9.91. The summed E-state index contributed by atoms with van der Waals surface area (Å²) in [6.45, 7) is 6.00. The number of fused-ring (bicyclic) bond motifs is 3. The second-order valence-electron chi connectivity index (χ2n) is 16.3. The van der Waals surface area contributed by atoms with Gasteiger partial charge in [0.05, 0.1) is 18.8 Å². The third-order valence-corrected chi connectivity index (χ3v) is 12.6. The average Bonchev–Trinajstić information content (AvgIpc) is 3.87. The number of aromatic nitrogens is 1. The number of aromatic hydroxyl groups is 1. The first-order valence-electron chi connectivity index (χ1n) is 20.8. The van der Waals surface area contributed by atoms with E-state index in [2.05, 4.69) is 62.9 Å². The first kappa shape index (κ1) is 40.4. The van der Waals surface area contributed by atoms with Crippen LogP contribution < -0.4 is 4.90 Å². The summed E-state index contributed by atoms with van der Waals surface area (Å²) in [7, 11) is 1.76. The van der Waals surface area contributed by atoms with E-state index in [0.717, 1.165) is 91.1 Å². The predicted molar refractivity (Wildman–Crippen MR) is 231 cm³/mol. The fraction of sp³-hybridized carbons (Fsp3) is 0.354. The highest BCUT2D eigenvalue weighted by Crippen LogP contribution is 2.39. The van der Waals surface area contributed by atoms with Gasteiger partial charge in [-0.05, 0) is 102 Å². The Morgan fingerprint density at radius 3 is 2.25 bits per heavy atom. The molecule has 0 aliphatic carbocycles. The van der Waals surface area contributed by atoms with E-state index in [1.807, 2.05) is 29.2 Å². The number of morpholine rings is 1.